The van der Waals surface area contributed by atoms with Gasteiger partial charge in [-0.25, -0.2) is 0 Å². The highest BCUT2D eigenvalue weighted by atomic mass is 16.5. The molecule has 1 aromatic carbocycles. The lowest BCUT2D eigenvalue weighted by Crippen LogP contribution is -2.35. The van der Waals surface area contributed by atoms with Crippen LogP contribution in [0.15, 0.2) is 42.1 Å². The van der Waals surface area contributed by atoms with E-state index >= 15 is 0 Å². The Morgan fingerprint density at radius 3 is 3.05 bits per heavy atom. The fraction of sp³-hybridized carbons (Fsp3) is 0.312. The van der Waals surface area contributed by atoms with Gasteiger partial charge >= 0.3 is 0 Å². The molecule has 0 fully saturated rings. The first-order valence-corrected chi connectivity index (χ1v) is 6.82. The van der Waals surface area contributed by atoms with Gasteiger partial charge < -0.3 is 14.6 Å². The molecule has 0 spiro atoms. The Kier molecular flexibility index (Phi) is 3.56. The Balaban J connectivity index is 1.82. The molecule has 1 N–H and O–H groups in total. The van der Waals surface area contributed by atoms with E-state index < -0.39 is 0 Å². The number of benzene rings is 1. The normalized spacial score (nSPS) is 15.4. The van der Waals surface area contributed by atoms with Crippen LogP contribution in [0.4, 0.5) is 0 Å². The molecule has 0 bridgehead atoms. The lowest BCUT2D eigenvalue weighted by molar-refractivity contribution is 0.0767. The summed E-state index contributed by atoms with van der Waals surface area (Å²) in [6.45, 7) is 2.09. The molecule has 1 aromatic heterocycles. The molecule has 3 rings (SSSR count). The van der Waals surface area contributed by atoms with Crippen LogP contribution >= 0.6 is 0 Å². The SMILES string of the molecule is COCC1=CCN(C(=O)c2cccc3[nH]ccc23)CC1. The van der Waals surface area contributed by atoms with Gasteiger partial charge in [-0.15, -0.1) is 0 Å². The first-order chi connectivity index (χ1) is 9.79. The largest absolute Gasteiger partial charge is 0.380 e. The number of carbonyl (C=O) groups excluding carboxylic acids is 1. The molecular formula is C16H18N2O2. The number of aromatic amines is 1. The fourth-order valence-electron chi connectivity index (χ4n) is 2.65. The van der Waals surface area contributed by atoms with Crippen molar-refractivity contribution < 1.29 is 9.53 Å². The minimum absolute atomic E-state index is 0.0999. The van der Waals surface area contributed by atoms with Crippen molar-refractivity contribution in [1.82, 2.24) is 9.88 Å². The number of carbonyl (C=O) groups is 1. The number of ether oxygens (including phenoxy) is 1. The van der Waals surface area contributed by atoms with Crippen LogP contribution < -0.4 is 0 Å². The molecule has 0 radical (unpaired) electrons. The Hall–Kier alpha value is -2.07. The monoisotopic (exact) mass is 270 g/mol. The zero-order valence-electron chi connectivity index (χ0n) is 11.6. The summed E-state index contributed by atoms with van der Waals surface area (Å²) < 4.78 is 5.13. The molecule has 1 aliphatic heterocycles. The summed E-state index contributed by atoms with van der Waals surface area (Å²) in [5.41, 5.74) is 3.05. The van der Waals surface area contributed by atoms with Crippen LogP contribution in [0.3, 0.4) is 0 Å². The number of amides is 1. The van der Waals surface area contributed by atoms with Crippen molar-refractivity contribution in [3.05, 3.63) is 47.7 Å². The summed E-state index contributed by atoms with van der Waals surface area (Å²) in [5, 5.41) is 0.990. The number of nitrogens with zero attached hydrogens (tertiary/aromatic N) is 1. The number of hydrogen-bond donors (Lipinski definition) is 1. The van der Waals surface area contributed by atoms with Crippen molar-refractivity contribution in [3.63, 3.8) is 0 Å². The highest BCUT2D eigenvalue weighted by Crippen LogP contribution is 2.21. The standard InChI is InChI=1S/C16H18N2O2/c1-20-11-12-6-9-18(10-7-12)16(19)14-3-2-4-15-13(14)5-8-17-15/h2-6,8,17H,7,9-11H2,1H3. The summed E-state index contributed by atoms with van der Waals surface area (Å²) >= 11 is 0. The number of fused-ring (bicyclic) bond motifs is 1. The van der Waals surface area contributed by atoms with Crippen LogP contribution in [0.25, 0.3) is 10.9 Å². The molecule has 1 aliphatic rings. The molecule has 0 saturated heterocycles. The van der Waals surface area contributed by atoms with Crippen molar-refractivity contribution in [2.24, 2.45) is 0 Å². The quantitative estimate of drug-likeness (QED) is 0.871. The van der Waals surface area contributed by atoms with Crippen molar-refractivity contribution >= 4 is 16.8 Å². The zero-order chi connectivity index (χ0) is 13.9. The summed E-state index contributed by atoms with van der Waals surface area (Å²) in [5.74, 6) is 0.0999. The summed E-state index contributed by atoms with van der Waals surface area (Å²) in [7, 11) is 1.70. The van der Waals surface area contributed by atoms with Gasteiger partial charge in [0.05, 0.1) is 6.61 Å². The zero-order valence-corrected chi connectivity index (χ0v) is 11.6. The molecular weight excluding hydrogens is 252 g/mol. The van der Waals surface area contributed by atoms with E-state index in [0.29, 0.717) is 13.2 Å². The van der Waals surface area contributed by atoms with E-state index in [1.165, 1.54) is 5.57 Å². The molecule has 2 heterocycles. The number of rotatable bonds is 3. The van der Waals surface area contributed by atoms with Crippen molar-refractivity contribution in [2.45, 2.75) is 6.42 Å². The predicted molar refractivity (Wildman–Crippen MR) is 78.8 cm³/mol. The van der Waals surface area contributed by atoms with E-state index in [4.69, 9.17) is 4.74 Å². The van der Waals surface area contributed by atoms with Crippen LogP contribution in [-0.2, 0) is 4.74 Å². The van der Waals surface area contributed by atoms with E-state index in [0.717, 1.165) is 29.4 Å². The molecule has 4 nitrogen and oxygen atoms in total. The smallest absolute Gasteiger partial charge is 0.254 e. The van der Waals surface area contributed by atoms with Crippen molar-refractivity contribution in [3.8, 4) is 0 Å². The van der Waals surface area contributed by atoms with Gasteiger partial charge in [0.25, 0.3) is 5.91 Å². The average Bonchev–Trinajstić information content (AvgIpc) is 2.96. The van der Waals surface area contributed by atoms with E-state index in [9.17, 15) is 4.79 Å². The van der Waals surface area contributed by atoms with Gasteiger partial charge in [-0.05, 0) is 30.2 Å². The van der Waals surface area contributed by atoms with Crippen LogP contribution in [0.2, 0.25) is 0 Å². The molecule has 0 aliphatic carbocycles. The van der Waals surface area contributed by atoms with Gasteiger partial charge in [0.1, 0.15) is 0 Å². The molecule has 0 atom stereocenters. The molecule has 2 aromatic rings. The number of methoxy groups -OCH3 is 1. The third kappa shape index (κ3) is 2.34. The van der Waals surface area contributed by atoms with Crippen molar-refractivity contribution in [1.29, 1.82) is 0 Å². The second-order valence-corrected chi connectivity index (χ2v) is 5.04. The van der Waals surface area contributed by atoms with Gasteiger partial charge in [0, 0.05) is 42.9 Å². The molecule has 104 valence electrons. The average molecular weight is 270 g/mol. The second kappa shape index (κ2) is 5.51. The summed E-state index contributed by atoms with van der Waals surface area (Å²) in [6, 6.07) is 7.76. The number of nitrogens with one attached hydrogen (secondary N) is 1. The fourth-order valence-corrected chi connectivity index (χ4v) is 2.65. The highest BCUT2D eigenvalue weighted by molar-refractivity contribution is 6.06. The molecule has 20 heavy (non-hydrogen) atoms. The summed E-state index contributed by atoms with van der Waals surface area (Å²) in [6.07, 6.45) is 4.86. The number of H-pyrrole nitrogens is 1. The minimum Gasteiger partial charge on any atom is -0.380 e. The third-order valence-electron chi connectivity index (χ3n) is 3.75. The molecule has 4 heteroatoms. The molecule has 0 saturated carbocycles. The van der Waals surface area contributed by atoms with E-state index in [1.807, 2.05) is 35.4 Å². The topological polar surface area (TPSA) is 45.3 Å². The first kappa shape index (κ1) is 12.9. The van der Waals surface area contributed by atoms with Crippen LogP contribution in [0, 0.1) is 0 Å². The minimum atomic E-state index is 0.0999. The Bertz CT molecular complexity index is 657. The van der Waals surface area contributed by atoms with Crippen LogP contribution in [-0.4, -0.2) is 42.6 Å². The van der Waals surface area contributed by atoms with Gasteiger partial charge in [-0.2, -0.15) is 0 Å². The Labute approximate surface area is 118 Å². The van der Waals surface area contributed by atoms with Gasteiger partial charge in [0.2, 0.25) is 0 Å². The maximum absolute atomic E-state index is 12.6. The van der Waals surface area contributed by atoms with E-state index in [2.05, 4.69) is 11.1 Å². The van der Waals surface area contributed by atoms with Gasteiger partial charge in [0.15, 0.2) is 0 Å². The third-order valence-corrected chi connectivity index (χ3v) is 3.75. The maximum Gasteiger partial charge on any atom is 0.254 e. The van der Waals surface area contributed by atoms with Crippen LogP contribution in [0.5, 0.6) is 0 Å². The maximum atomic E-state index is 12.6. The Morgan fingerprint density at radius 2 is 2.30 bits per heavy atom. The lowest BCUT2D eigenvalue weighted by Gasteiger charge is -2.26. The van der Waals surface area contributed by atoms with Gasteiger partial charge in [-0.3, -0.25) is 4.79 Å². The van der Waals surface area contributed by atoms with Crippen molar-refractivity contribution in [2.75, 3.05) is 26.8 Å². The molecule has 0 unspecified atom stereocenters. The van der Waals surface area contributed by atoms with E-state index in [1.54, 1.807) is 7.11 Å². The lowest BCUT2D eigenvalue weighted by atomic mass is 10.1. The highest BCUT2D eigenvalue weighted by Gasteiger charge is 2.20. The van der Waals surface area contributed by atoms with Crippen LogP contribution in [0.1, 0.15) is 16.8 Å². The predicted octanol–water partition coefficient (Wildman–Crippen LogP) is 2.59. The van der Waals surface area contributed by atoms with E-state index in [-0.39, 0.29) is 5.91 Å². The Morgan fingerprint density at radius 1 is 1.40 bits per heavy atom. The number of aromatic nitrogens is 1. The van der Waals surface area contributed by atoms with Gasteiger partial charge in [-0.1, -0.05) is 12.1 Å². The first-order valence-electron chi connectivity index (χ1n) is 6.82. The second-order valence-electron chi connectivity index (χ2n) is 5.04. The summed E-state index contributed by atoms with van der Waals surface area (Å²) in [4.78, 5) is 17.7. The molecule has 1 amide bonds. The number of hydrogen-bond acceptors (Lipinski definition) is 2.